The second kappa shape index (κ2) is 11.8. The molecule has 2 aromatic carbocycles. The molecule has 0 saturated carbocycles. The number of Topliss-reactive ketones (excluding diaryl/α,β-unsaturated/α-hetero) is 1. The summed E-state index contributed by atoms with van der Waals surface area (Å²) in [5.74, 6) is 0.570. The maximum absolute atomic E-state index is 13.5. The number of phenols is 1. The van der Waals surface area contributed by atoms with Crippen LogP contribution in [0, 0.1) is 21.4 Å². The van der Waals surface area contributed by atoms with Crippen LogP contribution in [0.25, 0.3) is 6.08 Å². The second-order valence-electron chi connectivity index (χ2n) is 12.0. The molecule has 2 N–H and O–H groups in total. The Morgan fingerprint density at radius 2 is 1.63 bits per heavy atom. The van der Waals surface area contributed by atoms with Gasteiger partial charge < -0.3 is 10.0 Å². The molecule has 1 saturated heterocycles. The molecule has 2 aromatic rings. The van der Waals surface area contributed by atoms with E-state index in [4.69, 9.17) is 5.41 Å². The fourth-order valence-corrected chi connectivity index (χ4v) is 4.83. The zero-order valence-corrected chi connectivity index (χ0v) is 25.1. The van der Waals surface area contributed by atoms with E-state index in [9.17, 15) is 20.0 Å². The molecule has 0 spiro atoms. The van der Waals surface area contributed by atoms with Crippen LogP contribution in [0.2, 0.25) is 0 Å². The number of benzene rings is 2. The van der Waals surface area contributed by atoms with E-state index >= 15 is 0 Å². The fourth-order valence-electron chi connectivity index (χ4n) is 4.83. The van der Waals surface area contributed by atoms with Gasteiger partial charge in [0, 0.05) is 41.3 Å². The predicted octanol–water partition coefficient (Wildman–Crippen LogP) is 7.45. The number of phenolic OH excluding ortho intramolecular Hbond substituents is 1. The van der Waals surface area contributed by atoms with Crippen molar-refractivity contribution in [1.82, 2.24) is 4.90 Å². The first-order chi connectivity index (χ1) is 17.1. The lowest BCUT2D eigenvalue weighted by Gasteiger charge is -2.28. The molecule has 38 heavy (non-hydrogen) atoms. The van der Waals surface area contributed by atoms with Gasteiger partial charge in [0.1, 0.15) is 11.6 Å². The number of halogens is 1. The summed E-state index contributed by atoms with van der Waals surface area (Å²) < 4.78 is 0. The molecule has 7 nitrogen and oxygen atoms in total. The Bertz CT molecular complexity index is 1200. The Hall–Kier alpha value is -3.00. The van der Waals surface area contributed by atoms with E-state index in [0.717, 1.165) is 35.1 Å². The van der Waals surface area contributed by atoms with E-state index in [1.807, 2.05) is 52.5 Å². The Kier molecular flexibility index (Phi) is 9.70. The largest absolute Gasteiger partial charge is 0.507 e. The monoisotopic (exact) mass is 585 g/mol. The summed E-state index contributed by atoms with van der Waals surface area (Å²) in [6.45, 7) is 14.9. The van der Waals surface area contributed by atoms with Crippen LogP contribution >= 0.6 is 17.0 Å². The number of likely N-dealkylation sites (tertiary alicyclic amines) is 1. The number of carbonyl (C=O) groups excluding carboxylic acids is 1. The molecule has 3 rings (SSSR count). The van der Waals surface area contributed by atoms with E-state index in [1.54, 1.807) is 24.3 Å². The van der Waals surface area contributed by atoms with Crippen LogP contribution in [0.4, 0.5) is 5.69 Å². The lowest BCUT2D eigenvalue weighted by Crippen LogP contribution is -2.31. The van der Waals surface area contributed by atoms with Crippen LogP contribution in [-0.2, 0) is 10.8 Å². The zero-order chi connectivity index (χ0) is 27.7. The summed E-state index contributed by atoms with van der Waals surface area (Å²) in [6.07, 6.45) is 3.74. The molecule has 1 unspecified atom stereocenters. The second-order valence-corrected chi connectivity index (χ2v) is 12.0. The summed E-state index contributed by atoms with van der Waals surface area (Å²) in [5, 5.41) is 30.9. The van der Waals surface area contributed by atoms with Gasteiger partial charge in [-0.1, -0.05) is 54.9 Å². The minimum absolute atomic E-state index is 0. The van der Waals surface area contributed by atoms with Gasteiger partial charge in [-0.2, -0.15) is 0 Å². The molecule has 8 heteroatoms. The number of hydrogen-bond acceptors (Lipinski definition) is 5. The number of ketones is 1. The lowest BCUT2D eigenvalue weighted by molar-refractivity contribution is -0.384. The van der Waals surface area contributed by atoms with Gasteiger partial charge in [-0.25, -0.2) is 0 Å². The SMILES string of the molecule is Br.CCCC1CN(CC(=O)c2cc(C(C)(C)C)c(O)c(C(C)(C)C)c2)C(=N)/C1=C/c1ccc([N+](=O)[O-])cc1. The van der Waals surface area contributed by atoms with Crippen molar-refractivity contribution in [3.05, 3.63) is 74.3 Å². The minimum atomic E-state index is -0.429. The Morgan fingerprint density at radius 1 is 1.11 bits per heavy atom. The molecule has 1 heterocycles. The molecular weight excluding hydrogens is 546 g/mol. The van der Waals surface area contributed by atoms with Crippen molar-refractivity contribution >= 4 is 40.4 Å². The molecule has 0 aromatic heterocycles. The standard InChI is InChI=1S/C30H39N3O4.BrH/c1-8-9-20-17-32(28(31)23(20)14-19-10-12-22(13-11-19)33(36)37)18-26(34)21-15-24(29(2,3)4)27(35)25(16-21)30(5,6)7;/h10-16,20,31,35H,8-9,17-18H2,1-7H3;1H/b23-14+,31-28?;. The summed E-state index contributed by atoms with van der Waals surface area (Å²) in [6, 6.07) is 9.89. The van der Waals surface area contributed by atoms with Crippen molar-refractivity contribution in [2.45, 2.75) is 72.1 Å². The third kappa shape index (κ3) is 6.90. The molecule has 1 atom stereocenters. The third-order valence-corrected chi connectivity index (χ3v) is 6.92. The van der Waals surface area contributed by atoms with Crippen LogP contribution < -0.4 is 0 Å². The number of hydrogen-bond donors (Lipinski definition) is 2. The smallest absolute Gasteiger partial charge is 0.269 e. The number of rotatable bonds is 7. The van der Waals surface area contributed by atoms with E-state index in [1.165, 1.54) is 12.1 Å². The van der Waals surface area contributed by atoms with Crippen LogP contribution in [0.5, 0.6) is 5.75 Å². The van der Waals surface area contributed by atoms with Gasteiger partial charge in [-0.05, 0) is 58.7 Å². The highest BCUT2D eigenvalue weighted by molar-refractivity contribution is 8.93. The molecule has 0 radical (unpaired) electrons. The van der Waals surface area contributed by atoms with Gasteiger partial charge in [0.25, 0.3) is 5.69 Å². The maximum atomic E-state index is 13.5. The first-order valence-corrected chi connectivity index (χ1v) is 12.8. The average molecular weight is 587 g/mol. The van der Waals surface area contributed by atoms with Crippen molar-refractivity contribution in [2.24, 2.45) is 5.92 Å². The van der Waals surface area contributed by atoms with E-state index < -0.39 is 4.92 Å². The molecule has 1 aliphatic heterocycles. The van der Waals surface area contributed by atoms with Gasteiger partial charge >= 0.3 is 0 Å². The highest BCUT2D eigenvalue weighted by atomic mass is 79.9. The van der Waals surface area contributed by atoms with Gasteiger partial charge in [0.15, 0.2) is 5.78 Å². The van der Waals surface area contributed by atoms with Crippen LogP contribution in [0.1, 0.15) is 88.4 Å². The summed E-state index contributed by atoms with van der Waals surface area (Å²) in [7, 11) is 0. The minimum Gasteiger partial charge on any atom is -0.507 e. The molecule has 0 amide bonds. The Labute approximate surface area is 236 Å². The molecular formula is C30H40BrN3O4. The summed E-state index contributed by atoms with van der Waals surface area (Å²) in [5.41, 5.74) is 3.01. The van der Waals surface area contributed by atoms with Crippen LogP contribution in [0.3, 0.4) is 0 Å². The summed E-state index contributed by atoms with van der Waals surface area (Å²) in [4.78, 5) is 25.9. The van der Waals surface area contributed by atoms with E-state index in [2.05, 4.69) is 6.92 Å². The highest BCUT2D eigenvalue weighted by Crippen LogP contribution is 2.40. The number of amidine groups is 1. The van der Waals surface area contributed by atoms with Crippen molar-refractivity contribution < 1.29 is 14.8 Å². The first kappa shape index (κ1) is 31.2. The summed E-state index contributed by atoms with van der Waals surface area (Å²) >= 11 is 0. The van der Waals surface area contributed by atoms with Gasteiger partial charge in [-0.3, -0.25) is 20.3 Å². The normalized spacial score (nSPS) is 17.0. The molecule has 1 fully saturated rings. The van der Waals surface area contributed by atoms with Gasteiger partial charge in [-0.15, -0.1) is 17.0 Å². The maximum Gasteiger partial charge on any atom is 0.269 e. The molecule has 0 bridgehead atoms. The van der Waals surface area contributed by atoms with Crippen LogP contribution in [0.15, 0.2) is 42.0 Å². The Balaban J connectivity index is 0.00000507. The van der Waals surface area contributed by atoms with E-state index in [0.29, 0.717) is 17.9 Å². The number of nitro groups is 1. The predicted molar refractivity (Wildman–Crippen MR) is 159 cm³/mol. The van der Waals surface area contributed by atoms with Crippen molar-refractivity contribution in [1.29, 1.82) is 5.41 Å². The van der Waals surface area contributed by atoms with Crippen molar-refractivity contribution in [3.63, 3.8) is 0 Å². The van der Waals surface area contributed by atoms with Gasteiger partial charge in [0.2, 0.25) is 0 Å². The molecule has 0 aliphatic carbocycles. The number of nitrogens with zero attached hydrogens (tertiary/aromatic N) is 2. The quantitative estimate of drug-likeness (QED) is 0.199. The number of aromatic hydroxyl groups is 1. The lowest BCUT2D eigenvalue weighted by atomic mass is 9.78. The van der Waals surface area contributed by atoms with Gasteiger partial charge in [0.05, 0.1) is 11.5 Å². The van der Waals surface area contributed by atoms with Crippen molar-refractivity contribution in [2.75, 3.05) is 13.1 Å². The first-order valence-electron chi connectivity index (χ1n) is 12.8. The third-order valence-electron chi connectivity index (χ3n) is 6.92. The topological polar surface area (TPSA) is 108 Å². The highest BCUT2D eigenvalue weighted by Gasteiger charge is 2.34. The number of carbonyl (C=O) groups is 1. The Morgan fingerprint density at radius 3 is 2.08 bits per heavy atom. The number of non-ortho nitro benzene ring substituents is 1. The number of nitro benzene ring substituents is 1. The van der Waals surface area contributed by atoms with Crippen molar-refractivity contribution in [3.8, 4) is 5.75 Å². The van der Waals surface area contributed by atoms with Crippen LogP contribution in [-0.4, -0.2) is 39.6 Å². The van der Waals surface area contributed by atoms with E-state index in [-0.39, 0.29) is 57.5 Å². The molecule has 1 aliphatic rings. The average Bonchev–Trinajstić information content (AvgIpc) is 3.07. The zero-order valence-electron chi connectivity index (χ0n) is 23.4. The molecule has 206 valence electrons. The fraction of sp³-hybridized carbons (Fsp3) is 0.467. The number of nitrogens with one attached hydrogen (secondary N) is 1.